The number of rotatable bonds is 5. The van der Waals surface area contributed by atoms with E-state index in [0.29, 0.717) is 30.0 Å². The highest BCUT2D eigenvalue weighted by molar-refractivity contribution is 5.97. The quantitative estimate of drug-likeness (QED) is 0.850. The number of para-hydroxylation sites is 1. The summed E-state index contributed by atoms with van der Waals surface area (Å²) in [6, 6.07) is 16.5. The molecule has 0 aromatic heterocycles. The number of hydrogen-bond acceptors (Lipinski definition) is 4. The lowest BCUT2D eigenvalue weighted by Crippen LogP contribution is -2.30. The topological polar surface area (TPSA) is 49.8 Å². The fraction of sp³-hybridized carbons (Fsp3) is 0.381. The molecule has 1 aliphatic heterocycles. The molecule has 0 radical (unpaired) electrons. The Morgan fingerprint density at radius 2 is 1.64 bits per heavy atom. The Balaban J connectivity index is 1.29. The molecule has 2 aromatic carbocycles. The standard InChI is InChI=1S/C21H23NO3/c23-18-8-6-15(7-9-18)21(24)14-22-12-16-10-20(11-17(16)13-22)25-19-4-2-1-3-5-19/h1-9,16-17,20,23H,10-14H2/t16-,17+,20+. The van der Waals surface area contributed by atoms with Crippen LogP contribution in [0.15, 0.2) is 54.6 Å². The van der Waals surface area contributed by atoms with Crippen molar-refractivity contribution in [2.45, 2.75) is 18.9 Å². The van der Waals surface area contributed by atoms with E-state index in [2.05, 4.69) is 4.90 Å². The second-order valence-electron chi connectivity index (χ2n) is 7.21. The fourth-order valence-electron chi connectivity index (χ4n) is 4.20. The van der Waals surface area contributed by atoms with Crippen LogP contribution < -0.4 is 4.74 Å². The number of carbonyl (C=O) groups is 1. The monoisotopic (exact) mass is 337 g/mol. The van der Waals surface area contributed by atoms with Gasteiger partial charge in [-0.25, -0.2) is 0 Å². The molecule has 0 bridgehead atoms. The summed E-state index contributed by atoms with van der Waals surface area (Å²) in [6.07, 6.45) is 2.44. The van der Waals surface area contributed by atoms with E-state index in [-0.39, 0.29) is 11.5 Å². The zero-order valence-corrected chi connectivity index (χ0v) is 14.2. The molecule has 4 nitrogen and oxygen atoms in total. The van der Waals surface area contributed by atoms with Gasteiger partial charge >= 0.3 is 0 Å². The van der Waals surface area contributed by atoms with Gasteiger partial charge in [-0.05, 0) is 61.1 Å². The van der Waals surface area contributed by atoms with Gasteiger partial charge in [0.05, 0.1) is 12.6 Å². The number of phenols is 1. The Morgan fingerprint density at radius 1 is 1.00 bits per heavy atom. The number of Topliss-reactive ketones (excluding diaryl/α,β-unsaturated/α-hetero) is 1. The van der Waals surface area contributed by atoms with Crippen molar-refractivity contribution in [3.63, 3.8) is 0 Å². The van der Waals surface area contributed by atoms with Gasteiger partial charge < -0.3 is 9.84 Å². The molecule has 4 rings (SSSR count). The maximum Gasteiger partial charge on any atom is 0.176 e. The Labute approximate surface area is 148 Å². The number of phenolic OH excluding ortho intramolecular Hbond substituents is 1. The fourth-order valence-corrected chi connectivity index (χ4v) is 4.20. The highest BCUT2D eigenvalue weighted by Gasteiger charge is 2.42. The number of aromatic hydroxyl groups is 1. The zero-order chi connectivity index (χ0) is 17.2. The van der Waals surface area contributed by atoms with Gasteiger partial charge in [0.25, 0.3) is 0 Å². The van der Waals surface area contributed by atoms with E-state index >= 15 is 0 Å². The van der Waals surface area contributed by atoms with Crippen molar-refractivity contribution in [1.29, 1.82) is 0 Å². The molecule has 2 fully saturated rings. The molecule has 1 aliphatic carbocycles. The molecule has 3 atom stereocenters. The molecule has 0 amide bonds. The number of hydrogen-bond donors (Lipinski definition) is 1. The molecule has 2 aromatic rings. The van der Waals surface area contributed by atoms with Gasteiger partial charge in [-0.1, -0.05) is 18.2 Å². The van der Waals surface area contributed by atoms with Crippen LogP contribution in [0.2, 0.25) is 0 Å². The number of nitrogens with zero attached hydrogens (tertiary/aromatic N) is 1. The van der Waals surface area contributed by atoms with Crippen LogP contribution in [0.1, 0.15) is 23.2 Å². The van der Waals surface area contributed by atoms with Crippen molar-refractivity contribution in [2.24, 2.45) is 11.8 Å². The number of fused-ring (bicyclic) bond motifs is 1. The third-order valence-electron chi connectivity index (χ3n) is 5.39. The van der Waals surface area contributed by atoms with Gasteiger partial charge in [-0.2, -0.15) is 0 Å². The van der Waals surface area contributed by atoms with E-state index < -0.39 is 0 Å². The van der Waals surface area contributed by atoms with Gasteiger partial charge in [0.2, 0.25) is 0 Å². The second kappa shape index (κ2) is 6.89. The summed E-state index contributed by atoms with van der Waals surface area (Å²) in [5.74, 6) is 2.52. The summed E-state index contributed by atoms with van der Waals surface area (Å²) < 4.78 is 6.10. The van der Waals surface area contributed by atoms with E-state index in [0.717, 1.165) is 31.7 Å². The van der Waals surface area contributed by atoms with E-state index in [1.807, 2.05) is 30.3 Å². The van der Waals surface area contributed by atoms with Gasteiger partial charge in [0.1, 0.15) is 11.5 Å². The summed E-state index contributed by atoms with van der Waals surface area (Å²) in [7, 11) is 0. The van der Waals surface area contributed by atoms with Crippen LogP contribution in [-0.4, -0.2) is 41.5 Å². The first kappa shape index (κ1) is 16.2. The average molecular weight is 337 g/mol. The maximum absolute atomic E-state index is 12.4. The molecule has 1 heterocycles. The highest BCUT2D eigenvalue weighted by Crippen LogP contribution is 2.39. The van der Waals surface area contributed by atoms with E-state index in [1.54, 1.807) is 24.3 Å². The third kappa shape index (κ3) is 3.69. The molecule has 4 heteroatoms. The van der Waals surface area contributed by atoms with E-state index in [4.69, 9.17) is 4.74 Å². The smallest absolute Gasteiger partial charge is 0.176 e. The Kier molecular flexibility index (Phi) is 4.45. The zero-order valence-electron chi connectivity index (χ0n) is 14.2. The van der Waals surface area contributed by atoms with Crippen LogP contribution in [0.5, 0.6) is 11.5 Å². The predicted octanol–water partition coefficient (Wildman–Crippen LogP) is 3.36. The molecular weight excluding hydrogens is 314 g/mol. The summed E-state index contributed by atoms with van der Waals surface area (Å²) in [4.78, 5) is 14.7. The Hall–Kier alpha value is -2.33. The molecule has 1 saturated carbocycles. The van der Waals surface area contributed by atoms with Gasteiger partial charge in [0, 0.05) is 18.7 Å². The van der Waals surface area contributed by atoms with Crippen LogP contribution in [0, 0.1) is 11.8 Å². The molecule has 0 unspecified atom stereocenters. The number of carbonyl (C=O) groups excluding carboxylic acids is 1. The first-order valence-electron chi connectivity index (χ1n) is 8.93. The van der Waals surface area contributed by atoms with E-state index in [1.165, 1.54) is 0 Å². The average Bonchev–Trinajstić information content (AvgIpc) is 3.14. The van der Waals surface area contributed by atoms with Crippen molar-refractivity contribution in [3.05, 3.63) is 60.2 Å². The summed E-state index contributed by atoms with van der Waals surface area (Å²) in [6.45, 7) is 2.41. The van der Waals surface area contributed by atoms with Crippen molar-refractivity contribution < 1.29 is 14.6 Å². The molecular formula is C21H23NO3. The van der Waals surface area contributed by atoms with Gasteiger partial charge in [-0.3, -0.25) is 9.69 Å². The Morgan fingerprint density at radius 3 is 2.28 bits per heavy atom. The SMILES string of the molecule is O=C(CN1C[C@H]2C[C@H](Oc3ccccc3)C[C@H]2C1)c1ccc(O)cc1. The van der Waals surface area contributed by atoms with Crippen LogP contribution in [0.25, 0.3) is 0 Å². The minimum Gasteiger partial charge on any atom is -0.508 e. The normalized spacial score (nSPS) is 25.7. The molecule has 2 aliphatic rings. The lowest BCUT2D eigenvalue weighted by molar-refractivity contribution is 0.0936. The summed E-state index contributed by atoms with van der Waals surface area (Å²) in [5.41, 5.74) is 0.667. The van der Waals surface area contributed by atoms with Crippen molar-refractivity contribution in [1.82, 2.24) is 4.90 Å². The largest absolute Gasteiger partial charge is 0.508 e. The first-order valence-corrected chi connectivity index (χ1v) is 8.93. The third-order valence-corrected chi connectivity index (χ3v) is 5.39. The lowest BCUT2D eigenvalue weighted by atomic mass is 10.0. The summed E-state index contributed by atoms with van der Waals surface area (Å²) >= 11 is 0. The van der Waals surface area contributed by atoms with Crippen LogP contribution in [0.4, 0.5) is 0 Å². The maximum atomic E-state index is 12.4. The van der Waals surface area contributed by atoms with Crippen molar-refractivity contribution >= 4 is 5.78 Å². The minimum atomic E-state index is 0.122. The number of benzene rings is 2. The molecule has 1 N–H and O–H groups in total. The lowest BCUT2D eigenvalue weighted by Gasteiger charge is -2.19. The number of likely N-dealkylation sites (tertiary alicyclic amines) is 1. The Bertz CT molecular complexity index is 715. The molecule has 130 valence electrons. The van der Waals surface area contributed by atoms with Gasteiger partial charge in [0.15, 0.2) is 5.78 Å². The van der Waals surface area contributed by atoms with Gasteiger partial charge in [-0.15, -0.1) is 0 Å². The number of ether oxygens (including phenoxy) is 1. The highest BCUT2D eigenvalue weighted by atomic mass is 16.5. The number of ketones is 1. The first-order chi connectivity index (χ1) is 12.2. The predicted molar refractivity (Wildman–Crippen MR) is 95.9 cm³/mol. The van der Waals surface area contributed by atoms with E-state index in [9.17, 15) is 9.90 Å². The summed E-state index contributed by atoms with van der Waals surface area (Å²) in [5, 5.41) is 9.33. The molecule has 0 spiro atoms. The van der Waals surface area contributed by atoms with Crippen molar-refractivity contribution in [2.75, 3.05) is 19.6 Å². The van der Waals surface area contributed by atoms with Crippen LogP contribution >= 0.6 is 0 Å². The van der Waals surface area contributed by atoms with Crippen molar-refractivity contribution in [3.8, 4) is 11.5 Å². The molecule has 25 heavy (non-hydrogen) atoms. The van der Waals surface area contributed by atoms with Crippen LogP contribution in [-0.2, 0) is 0 Å². The molecule has 1 saturated heterocycles. The minimum absolute atomic E-state index is 0.122. The van der Waals surface area contributed by atoms with Crippen LogP contribution in [0.3, 0.4) is 0 Å². The second-order valence-corrected chi connectivity index (χ2v) is 7.21.